The van der Waals surface area contributed by atoms with E-state index < -0.39 is 0 Å². The molecule has 126 valence electrons. The van der Waals surface area contributed by atoms with Crippen molar-refractivity contribution in [2.45, 2.75) is 31.9 Å². The first-order valence-corrected chi connectivity index (χ1v) is 9.35. The zero-order valence-electron chi connectivity index (χ0n) is 14.0. The molecule has 2 aliphatic heterocycles. The van der Waals surface area contributed by atoms with Crippen LogP contribution in [0.4, 0.5) is 5.69 Å². The number of hydrogen-bond acceptors (Lipinski definition) is 3. The normalized spacial score (nSPS) is 24.9. The van der Waals surface area contributed by atoms with Crippen molar-refractivity contribution in [1.82, 2.24) is 0 Å². The van der Waals surface area contributed by atoms with Crippen LogP contribution in [0.3, 0.4) is 0 Å². The molecule has 0 aliphatic carbocycles. The smallest absolute Gasteiger partial charge is 0.124 e. The van der Waals surface area contributed by atoms with E-state index in [-0.39, 0.29) is 12.1 Å². The van der Waals surface area contributed by atoms with Gasteiger partial charge in [-0.1, -0.05) is 35.0 Å². The van der Waals surface area contributed by atoms with Gasteiger partial charge in [-0.25, -0.2) is 0 Å². The molecule has 0 saturated carbocycles. The van der Waals surface area contributed by atoms with Gasteiger partial charge in [0.1, 0.15) is 5.75 Å². The minimum atomic E-state index is 0.168. The maximum Gasteiger partial charge on any atom is 0.124 e. The monoisotopic (exact) mass is 387 g/mol. The van der Waals surface area contributed by atoms with Crippen LogP contribution < -0.4 is 10.1 Å². The largest absolute Gasteiger partial charge is 0.496 e. The molecule has 1 saturated heterocycles. The van der Waals surface area contributed by atoms with Gasteiger partial charge in [0, 0.05) is 33.8 Å². The molecule has 1 fully saturated rings. The number of fused-ring (bicyclic) bond motifs is 3. The van der Waals surface area contributed by atoms with Gasteiger partial charge in [0.05, 0.1) is 19.3 Å². The van der Waals surface area contributed by atoms with E-state index in [2.05, 4.69) is 52.4 Å². The summed E-state index contributed by atoms with van der Waals surface area (Å²) in [6.45, 7) is 3.01. The predicted octanol–water partition coefficient (Wildman–Crippen LogP) is 5.26. The molecule has 4 rings (SSSR count). The molecule has 2 aliphatic rings. The third-order valence-corrected chi connectivity index (χ3v) is 5.73. The zero-order valence-corrected chi connectivity index (χ0v) is 15.6. The quantitative estimate of drug-likeness (QED) is 0.778. The minimum absolute atomic E-state index is 0.168. The molecule has 0 amide bonds. The van der Waals surface area contributed by atoms with Crippen LogP contribution in [0.25, 0.3) is 0 Å². The highest BCUT2D eigenvalue weighted by Gasteiger charge is 2.42. The van der Waals surface area contributed by atoms with Crippen LogP contribution in [0, 0.1) is 5.92 Å². The Labute approximate surface area is 151 Å². The van der Waals surface area contributed by atoms with Gasteiger partial charge < -0.3 is 14.8 Å². The van der Waals surface area contributed by atoms with E-state index in [1.165, 1.54) is 22.4 Å². The van der Waals surface area contributed by atoms with Crippen molar-refractivity contribution in [3.05, 3.63) is 57.6 Å². The number of anilines is 1. The van der Waals surface area contributed by atoms with Crippen molar-refractivity contribution in [3.8, 4) is 5.75 Å². The molecule has 2 heterocycles. The first-order chi connectivity index (χ1) is 11.7. The van der Waals surface area contributed by atoms with Crippen molar-refractivity contribution in [2.75, 3.05) is 19.0 Å². The molecule has 2 aromatic rings. The Kier molecular flexibility index (Phi) is 4.27. The molecule has 3 nitrogen and oxygen atoms in total. The van der Waals surface area contributed by atoms with Gasteiger partial charge in [-0.2, -0.15) is 0 Å². The van der Waals surface area contributed by atoms with E-state index in [1.54, 1.807) is 7.11 Å². The van der Waals surface area contributed by atoms with Gasteiger partial charge in [0.15, 0.2) is 0 Å². The summed E-state index contributed by atoms with van der Waals surface area (Å²) in [4.78, 5) is 0. The zero-order chi connectivity index (χ0) is 16.7. The second-order valence-corrected chi connectivity index (χ2v) is 7.44. The molecular weight excluding hydrogens is 366 g/mol. The number of nitrogens with one attached hydrogen (secondary N) is 1. The second kappa shape index (κ2) is 6.41. The summed E-state index contributed by atoms with van der Waals surface area (Å²) in [6, 6.07) is 13.1. The Morgan fingerprint density at radius 3 is 2.88 bits per heavy atom. The van der Waals surface area contributed by atoms with Gasteiger partial charge in [-0.15, -0.1) is 0 Å². The Hall–Kier alpha value is -1.52. The molecule has 1 N–H and O–H groups in total. The average molecular weight is 388 g/mol. The van der Waals surface area contributed by atoms with Crippen LogP contribution in [0.5, 0.6) is 5.75 Å². The van der Waals surface area contributed by atoms with Crippen LogP contribution in [0.2, 0.25) is 0 Å². The number of rotatable bonds is 3. The van der Waals surface area contributed by atoms with Gasteiger partial charge in [-0.05, 0) is 42.7 Å². The first kappa shape index (κ1) is 16.0. The van der Waals surface area contributed by atoms with E-state index in [0.29, 0.717) is 5.92 Å². The van der Waals surface area contributed by atoms with Gasteiger partial charge in [-0.3, -0.25) is 0 Å². The molecule has 0 radical (unpaired) electrons. The van der Waals surface area contributed by atoms with Crippen molar-refractivity contribution in [2.24, 2.45) is 5.92 Å². The Bertz CT molecular complexity index is 761. The Morgan fingerprint density at radius 1 is 1.21 bits per heavy atom. The number of ether oxygens (including phenoxy) is 2. The number of hydrogen-bond donors (Lipinski definition) is 1. The third kappa shape index (κ3) is 2.62. The Morgan fingerprint density at radius 2 is 2.08 bits per heavy atom. The SMILES string of the molecule is CCc1ccc2c(c1)C1OCCC1C(c1cc(Br)ccc1OC)N2. The minimum Gasteiger partial charge on any atom is -0.496 e. The average Bonchev–Trinajstić information content (AvgIpc) is 3.10. The third-order valence-electron chi connectivity index (χ3n) is 5.23. The second-order valence-electron chi connectivity index (χ2n) is 6.53. The molecule has 3 atom stereocenters. The number of methoxy groups -OCH3 is 1. The van der Waals surface area contributed by atoms with Crippen LogP contribution >= 0.6 is 15.9 Å². The molecule has 0 aromatic heterocycles. The van der Waals surface area contributed by atoms with E-state index in [1.807, 2.05) is 12.1 Å². The van der Waals surface area contributed by atoms with Gasteiger partial charge >= 0.3 is 0 Å². The lowest BCUT2D eigenvalue weighted by Gasteiger charge is -2.37. The fourth-order valence-electron chi connectivity index (χ4n) is 4.00. The van der Waals surface area contributed by atoms with Crippen LogP contribution in [-0.4, -0.2) is 13.7 Å². The van der Waals surface area contributed by atoms with Crippen LogP contribution in [0.15, 0.2) is 40.9 Å². The first-order valence-electron chi connectivity index (χ1n) is 8.55. The summed E-state index contributed by atoms with van der Waals surface area (Å²) in [5, 5.41) is 3.76. The van der Waals surface area contributed by atoms with E-state index in [4.69, 9.17) is 9.47 Å². The summed E-state index contributed by atoms with van der Waals surface area (Å²) in [7, 11) is 1.74. The summed E-state index contributed by atoms with van der Waals surface area (Å²) >= 11 is 3.60. The highest BCUT2D eigenvalue weighted by Crippen LogP contribution is 2.51. The van der Waals surface area contributed by atoms with Crippen molar-refractivity contribution >= 4 is 21.6 Å². The van der Waals surface area contributed by atoms with Crippen LogP contribution in [-0.2, 0) is 11.2 Å². The molecule has 3 unspecified atom stereocenters. The summed E-state index contributed by atoms with van der Waals surface area (Å²) < 4.78 is 12.8. The summed E-state index contributed by atoms with van der Waals surface area (Å²) in [6.07, 6.45) is 2.28. The lowest BCUT2D eigenvalue weighted by atomic mass is 9.80. The number of halogens is 1. The maximum atomic E-state index is 6.15. The van der Waals surface area contributed by atoms with Gasteiger partial charge in [0.25, 0.3) is 0 Å². The van der Waals surface area contributed by atoms with Crippen molar-refractivity contribution in [1.29, 1.82) is 0 Å². The molecule has 0 spiro atoms. The van der Waals surface area contributed by atoms with E-state index in [9.17, 15) is 0 Å². The van der Waals surface area contributed by atoms with Crippen molar-refractivity contribution in [3.63, 3.8) is 0 Å². The molecule has 2 aromatic carbocycles. The number of benzene rings is 2. The predicted molar refractivity (Wildman–Crippen MR) is 99.7 cm³/mol. The lowest BCUT2D eigenvalue weighted by molar-refractivity contribution is 0.0826. The van der Waals surface area contributed by atoms with Crippen molar-refractivity contribution < 1.29 is 9.47 Å². The fourth-order valence-corrected chi connectivity index (χ4v) is 4.38. The van der Waals surface area contributed by atoms with E-state index >= 15 is 0 Å². The summed E-state index contributed by atoms with van der Waals surface area (Å²) in [5.74, 6) is 1.35. The standard InChI is InChI=1S/C20H22BrNO2/c1-3-12-4-6-17-15(10-12)20-14(8-9-24-20)19(22-17)16-11-13(21)5-7-18(16)23-2/h4-7,10-11,14,19-20,22H,3,8-9H2,1-2H3. The Balaban J connectivity index is 1.80. The molecule has 24 heavy (non-hydrogen) atoms. The molecule has 4 heteroatoms. The topological polar surface area (TPSA) is 30.5 Å². The summed E-state index contributed by atoms with van der Waals surface area (Å²) in [5.41, 5.74) is 5.05. The van der Waals surface area contributed by atoms with Crippen LogP contribution in [0.1, 0.15) is 42.2 Å². The highest BCUT2D eigenvalue weighted by atomic mass is 79.9. The van der Waals surface area contributed by atoms with Gasteiger partial charge in [0.2, 0.25) is 0 Å². The van der Waals surface area contributed by atoms with E-state index in [0.717, 1.165) is 29.7 Å². The number of aryl methyl sites for hydroxylation is 1. The lowest BCUT2D eigenvalue weighted by Crippen LogP contribution is -2.29. The molecule has 0 bridgehead atoms. The molecular formula is C20H22BrNO2. The highest BCUT2D eigenvalue weighted by molar-refractivity contribution is 9.10. The fraction of sp³-hybridized carbons (Fsp3) is 0.400. The maximum absolute atomic E-state index is 6.15.